The van der Waals surface area contributed by atoms with Crippen LogP contribution in [0.3, 0.4) is 0 Å². The first-order chi connectivity index (χ1) is 14.9. The number of carbonyl (C=O) groups excluding carboxylic acids is 2. The lowest BCUT2D eigenvalue weighted by Crippen LogP contribution is -2.40. The monoisotopic (exact) mass is 449 g/mol. The maximum absolute atomic E-state index is 12.9. The van der Waals surface area contributed by atoms with E-state index in [4.69, 9.17) is 0 Å². The van der Waals surface area contributed by atoms with E-state index in [0.29, 0.717) is 26.2 Å². The van der Waals surface area contributed by atoms with Crippen molar-refractivity contribution >= 4 is 27.9 Å². The smallest absolute Gasteiger partial charge is 0.247 e. The summed E-state index contributed by atoms with van der Waals surface area (Å²) in [5.74, 6) is -0.408. The van der Waals surface area contributed by atoms with Crippen LogP contribution in [0, 0.1) is 0 Å². The summed E-state index contributed by atoms with van der Waals surface area (Å²) in [7, 11) is -3.49. The number of carbonyl (C=O) groups is 2. The number of hydrogen-bond acceptors (Lipinski definition) is 4. The van der Waals surface area contributed by atoms with Gasteiger partial charge in [-0.1, -0.05) is 38.8 Å². The van der Waals surface area contributed by atoms with Crippen LogP contribution in [0.1, 0.15) is 57.9 Å². The highest BCUT2D eigenvalue weighted by atomic mass is 32.2. The molecule has 0 aliphatic carbocycles. The first kappa shape index (κ1) is 25.1. The molecule has 0 bridgehead atoms. The summed E-state index contributed by atoms with van der Waals surface area (Å²) >= 11 is 0. The lowest BCUT2D eigenvalue weighted by molar-refractivity contribution is -0.132. The molecule has 7 nitrogen and oxygen atoms in total. The Labute approximate surface area is 186 Å². The molecule has 0 aromatic heterocycles. The van der Waals surface area contributed by atoms with Gasteiger partial charge in [-0.3, -0.25) is 9.59 Å². The first-order valence-electron chi connectivity index (χ1n) is 11.2. The quantitative estimate of drug-likeness (QED) is 0.556. The lowest BCUT2D eigenvalue weighted by atomic mass is 10.2. The summed E-state index contributed by atoms with van der Waals surface area (Å²) in [6.45, 7) is 6.18. The van der Waals surface area contributed by atoms with E-state index in [1.165, 1.54) is 11.0 Å². The van der Waals surface area contributed by atoms with Gasteiger partial charge in [-0.05, 0) is 49.5 Å². The average Bonchev–Trinajstić information content (AvgIpc) is 3.06. The summed E-state index contributed by atoms with van der Waals surface area (Å²) in [6, 6.07) is 6.58. The highest BCUT2D eigenvalue weighted by Crippen LogP contribution is 2.21. The van der Waals surface area contributed by atoms with Gasteiger partial charge in [0.05, 0.1) is 11.4 Å². The van der Waals surface area contributed by atoms with Crippen LogP contribution in [-0.4, -0.2) is 62.2 Å². The first-order valence-corrected chi connectivity index (χ1v) is 12.7. The number of nitrogens with zero attached hydrogens (tertiary/aromatic N) is 2. The third-order valence-electron chi connectivity index (χ3n) is 5.21. The molecule has 0 radical (unpaired) electrons. The second-order valence-corrected chi connectivity index (χ2v) is 9.77. The van der Waals surface area contributed by atoms with Crippen molar-refractivity contribution in [3.8, 4) is 0 Å². The minimum atomic E-state index is -3.49. The van der Waals surface area contributed by atoms with Crippen LogP contribution in [0.25, 0.3) is 6.08 Å². The fourth-order valence-electron chi connectivity index (χ4n) is 3.49. The van der Waals surface area contributed by atoms with Crippen LogP contribution in [0.5, 0.6) is 0 Å². The molecule has 1 heterocycles. The van der Waals surface area contributed by atoms with E-state index in [2.05, 4.69) is 5.32 Å². The Balaban J connectivity index is 2.03. The SMILES string of the molecule is CCCNC(=O)CN(CCC)C(=O)C=Cc1ccc(S(=O)(=O)N2CCCCCC2)cc1. The zero-order valence-electron chi connectivity index (χ0n) is 18.7. The van der Waals surface area contributed by atoms with Crippen LogP contribution in [-0.2, 0) is 19.6 Å². The van der Waals surface area contributed by atoms with Crippen molar-refractivity contribution in [3.63, 3.8) is 0 Å². The molecule has 1 aromatic rings. The van der Waals surface area contributed by atoms with E-state index in [0.717, 1.165) is 44.1 Å². The van der Waals surface area contributed by atoms with Crippen LogP contribution < -0.4 is 5.32 Å². The van der Waals surface area contributed by atoms with Gasteiger partial charge in [-0.15, -0.1) is 0 Å². The fourth-order valence-corrected chi connectivity index (χ4v) is 5.00. The second kappa shape index (κ2) is 12.6. The molecule has 8 heteroatoms. The molecule has 1 N–H and O–H groups in total. The fraction of sp³-hybridized carbons (Fsp3) is 0.565. The molecular formula is C23H35N3O4S. The van der Waals surface area contributed by atoms with Gasteiger partial charge in [0.25, 0.3) is 0 Å². The maximum atomic E-state index is 12.9. The van der Waals surface area contributed by atoms with Crippen molar-refractivity contribution in [2.24, 2.45) is 0 Å². The molecule has 1 aliphatic heterocycles. The predicted molar refractivity (Wildman–Crippen MR) is 123 cm³/mol. The van der Waals surface area contributed by atoms with Gasteiger partial charge in [0.1, 0.15) is 0 Å². The Morgan fingerprint density at radius 3 is 2.26 bits per heavy atom. The van der Waals surface area contributed by atoms with E-state index >= 15 is 0 Å². The van der Waals surface area contributed by atoms with Crippen molar-refractivity contribution in [1.29, 1.82) is 0 Å². The predicted octanol–water partition coefficient (Wildman–Crippen LogP) is 3.03. The largest absolute Gasteiger partial charge is 0.355 e. The Morgan fingerprint density at radius 2 is 1.68 bits per heavy atom. The topological polar surface area (TPSA) is 86.8 Å². The lowest BCUT2D eigenvalue weighted by Gasteiger charge is -2.20. The highest BCUT2D eigenvalue weighted by molar-refractivity contribution is 7.89. The normalized spacial score (nSPS) is 15.5. The van der Waals surface area contributed by atoms with Gasteiger partial charge in [0.2, 0.25) is 21.8 Å². The van der Waals surface area contributed by atoms with E-state index in [9.17, 15) is 18.0 Å². The average molecular weight is 450 g/mol. The van der Waals surface area contributed by atoms with Crippen molar-refractivity contribution in [3.05, 3.63) is 35.9 Å². The molecule has 1 aliphatic rings. The molecule has 2 amide bonds. The summed E-state index contributed by atoms with van der Waals surface area (Å²) in [5, 5.41) is 2.78. The van der Waals surface area contributed by atoms with Crippen molar-refractivity contribution in [1.82, 2.24) is 14.5 Å². The highest BCUT2D eigenvalue weighted by Gasteiger charge is 2.24. The van der Waals surface area contributed by atoms with Crippen molar-refractivity contribution in [2.45, 2.75) is 57.3 Å². The summed E-state index contributed by atoms with van der Waals surface area (Å²) in [4.78, 5) is 26.3. The Morgan fingerprint density at radius 1 is 1.03 bits per heavy atom. The van der Waals surface area contributed by atoms with Crippen molar-refractivity contribution in [2.75, 3.05) is 32.7 Å². The standard InChI is InChI=1S/C23H35N3O4S/c1-3-15-24-22(27)19-25(16-4-2)23(28)14-11-20-9-12-21(13-10-20)31(29,30)26-17-7-5-6-8-18-26/h9-14H,3-8,15-19H2,1-2H3,(H,24,27). The summed E-state index contributed by atoms with van der Waals surface area (Å²) in [5.41, 5.74) is 0.732. The minimum absolute atomic E-state index is 0.0318. The van der Waals surface area contributed by atoms with Crippen LogP contribution in [0.2, 0.25) is 0 Å². The molecule has 1 aromatic carbocycles. The zero-order chi connectivity index (χ0) is 22.7. The van der Waals surface area contributed by atoms with Gasteiger partial charge < -0.3 is 10.2 Å². The van der Waals surface area contributed by atoms with Gasteiger partial charge >= 0.3 is 0 Å². The van der Waals surface area contributed by atoms with Crippen LogP contribution >= 0.6 is 0 Å². The molecule has 0 unspecified atom stereocenters. The number of sulfonamides is 1. The molecule has 0 atom stereocenters. The van der Waals surface area contributed by atoms with E-state index in [1.54, 1.807) is 34.6 Å². The maximum Gasteiger partial charge on any atom is 0.247 e. The molecule has 0 saturated carbocycles. The Hall–Kier alpha value is -2.19. The molecule has 1 saturated heterocycles. The Bertz CT molecular complexity index is 842. The van der Waals surface area contributed by atoms with Gasteiger partial charge in [0.15, 0.2) is 0 Å². The second-order valence-electron chi connectivity index (χ2n) is 7.83. The number of rotatable bonds is 10. The number of nitrogens with one attached hydrogen (secondary N) is 1. The minimum Gasteiger partial charge on any atom is -0.355 e. The Kier molecular flexibility index (Phi) is 10.2. The molecular weight excluding hydrogens is 414 g/mol. The van der Waals surface area contributed by atoms with E-state index in [-0.39, 0.29) is 23.3 Å². The van der Waals surface area contributed by atoms with Crippen LogP contribution in [0.4, 0.5) is 0 Å². The van der Waals surface area contributed by atoms with Crippen molar-refractivity contribution < 1.29 is 18.0 Å². The summed E-state index contributed by atoms with van der Waals surface area (Å²) < 4.78 is 27.3. The van der Waals surface area contributed by atoms with Gasteiger partial charge in [0, 0.05) is 32.3 Å². The van der Waals surface area contributed by atoms with Crippen LogP contribution in [0.15, 0.2) is 35.2 Å². The third kappa shape index (κ3) is 7.78. The molecule has 31 heavy (non-hydrogen) atoms. The zero-order valence-corrected chi connectivity index (χ0v) is 19.5. The van der Waals surface area contributed by atoms with E-state index < -0.39 is 10.0 Å². The molecule has 172 valence electrons. The summed E-state index contributed by atoms with van der Waals surface area (Å²) in [6.07, 6.45) is 8.61. The van der Waals surface area contributed by atoms with Gasteiger partial charge in [-0.2, -0.15) is 4.31 Å². The molecule has 2 rings (SSSR count). The van der Waals surface area contributed by atoms with Gasteiger partial charge in [-0.25, -0.2) is 8.42 Å². The number of benzene rings is 1. The molecule has 1 fully saturated rings. The third-order valence-corrected chi connectivity index (χ3v) is 7.13. The number of hydrogen-bond donors (Lipinski definition) is 1. The number of amides is 2. The molecule has 0 spiro atoms. The van der Waals surface area contributed by atoms with E-state index in [1.807, 2.05) is 13.8 Å².